The molecule has 0 aliphatic carbocycles. The average molecular weight is 278 g/mol. The van der Waals surface area contributed by atoms with Gasteiger partial charge >= 0.3 is 0 Å². The number of amides is 1. The molecule has 1 atom stereocenters. The van der Waals surface area contributed by atoms with Crippen LogP contribution in [0.3, 0.4) is 0 Å². The third-order valence-corrected chi connectivity index (χ3v) is 3.36. The van der Waals surface area contributed by atoms with Gasteiger partial charge in [-0.25, -0.2) is 4.98 Å². The van der Waals surface area contributed by atoms with Gasteiger partial charge in [0, 0.05) is 31.6 Å². The quantitative estimate of drug-likeness (QED) is 0.888. The Morgan fingerprint density at radius 2 is 2.24 bits per heavy atom. The van der Waals surface area contributed by atoms with Crippen LogP contribution < -0.4 is 5.73 Å². The fourth-order valence-corrected chi connectivity index (χ4v) is 1.90. The molecule has 1 heterocycles. The second kappa shape index (κ2) is 7.63. The van der Waals surface area contributed by atoms with Crippen molar-refractivity contribution >= 4 is 29.7 Å². The van der Waals surface area contributed by atoms with Gasteiger partial charge in [-0.05, 0) is 5.92 Å². The van der Waals surface area contributed by atoms with E-state index in [0.717, 1.165) is 11.4 Å². The van der Waals surface area contributed by atoms with E-state index in [1.165, 1.54) is 0 Å². The molecule has 1 amide bonds. The van der Waals surface area contributed by atoms with Gasteiger partial charge in [-0.15, -0.1) is 23.7 Å². The smallest absolute Gasteiger partial charge is 0.239 e. The van der Waals surface area contributed by atoms with E-state index in [9.17, 15) is 4.79 Å². The predicted molar refractivity (Wildman–Crippen MR) is 73.5 cm³/mol. The van der Waals surface area contributed by atoms with E-state index < -0.39 is 6.04 Å². The van der Waals surface area contributed by atoms with Crippen LogP contribution in [-0.2, 0) is 11.2 Å². The number of likely N-dealkylation sites (N-methyl/N-ethyl adjacent to an activating group) is 1. The van der Waals surface area contributed by atoms with Gasteiger partial charge in [0.2, 0.25) is 5.91 Å². The Balaban J connectivity index is 0.00000256. The van der Waals surface area contributed by atoms with Crippen molar-refractivity contribution in [2.24, 2.45) is 11.7 Å². The normalized spacial score (nSPS) is 12.1. The highest BCUT2D eigenvalue weighted by Crippen LogP contribution is 2.07. The summed E-state index contributed by atoms with van der Waals surface area (Å²) in [5, 5.41) is 2.99. The Bertz CT molecular complexity index is 329. The van der Waals surface area contributed by atoms with E-state index in [-0.39, 0.29) is 24.2 Å². The predicted octanol–water partition coefficient (Wildman–Crippen LogP) is 1.55. The Morgan fingerprint density at radius 3 is 2.71 bits per heavy atom. The number of carbonyl (C=O) groups is 1. The van der Waals surface area contributed by atoms with Crippen LogP contribution in [0.2, 0.25) is 0 Å². The molecule has 0 aromatic carbocycles. The van der Waals surface area contributed by atoms with Crippen molar-refractivity contribution in [2.45, 2.75) is 26.3 Å². The first-order valence-electron chi connectivity index (χ1n) is 5.41. The van der Waals surface area contributed by atoms with Crippen molar-refractivity contribution in [1.29, 1.82) is 0 Å². The summed E-state index contributed by atoms with van der Waals surface area (Å²) in [6.45, 7) is 4.58. The molecule has 1 aromatic rings. The number of carbonyl (C=O) groups excluding carboxylic acids is 1. The first kappa shape index (κ1) is 16.4. The van der Waals surface area contributed by atoms with Crippen molar-refractivity contribution in [1.82, 2.24) is 9.88 Å². The first-order valence-corrected chi connectivity index (χ1v) is 6.29. The molecule has 0 aliphatic rings. The molecule has 17 heavy (non-hydrogen) atoms. The van der Waals surface area contributed by atoms with Crippen LogP contribution in [0.1, 0.15) is 18.9 Å². The van der Waals surface area contributed by atoms with E-state index in [0.29, 0.717) is 6.54 Å². The summed E-state index contributed by atoms with van der Waals surface area (Å²) in [6, 6.07) is -0.402. The molecule has 2 N–H and O–H groups in total. The van der Waals surface area contributed by atoms with E-state index >= 15 is 0 Å². The number of aromatic nitrogens is 1. The molecule has 6 heteroatoms. The zero-order chi connectivity index (χ0) is 12.1. The number of nitrogens with two attached hydrogens (primary N) is 1. The molecule has 1 rings (SSSR count). The van der Waals surface area contributed by atoms with Crippen molar-refractivity contribution in [3.8, 4) is 0 Å². The molecule has 0 bridgehead atoms. The summed E-state index contributed by atoms with van der Waals surface area (Å²) in [6.07, 6.45) is 2.58. The number of nitrogens with zero attached hydrogens (tertiary/aromatic N) is 2. The fraction of sp³-hybridized carbons (Fsp3) is 0.636. The lowest BCUT2D eigenvalue weighted by molar-refractivity contribution is -0.132. The van der Waals surface area contributed by atoms with Crippen LogP contribution in [0.5, 0.6) is 0 Å². The van der Waals surface area contributed by atoms with Gasteiger partial charge in [-0.2, -0.15) is 0 Å². The maximum Gasteiger partial charge on any atom is 0.239 e. The molecule has 0 unspecified atom stereocenters. The maximum atomic E-state index is 11.8. The minimum Gasteiger partial charge on any atom is -0.344 e. The Kier molecular flexibility index (Phi) is 7.34. The van der Waals surface area contributed by atoms with Crippen molar-refractivity contribution in [2.75, 3.05) is 13.6 Å². The minimum atomic E-state index is -0.402. The summed E-state index contributed by atoms with van der Waals surface area (Å²) in [4.78, 5) is 17.7. The topological polar surface area (TPSA) is 59.2 Å². The SMILES string of the molecule is CC(C)[C@H](N)C(=O)N(C)CCc1nccs1.Cl. The van der Waals surface area contributed by atoms with Gasteiger partial charge in [0.25, 0.3) is 0 Å². The number of hydrogen-bond donors (Lipinski definition) is 1. The highest BCUT2D eigenvalue weighted by molar-refractivity contribution is 7.09. The van der Waals surface area contributed by atoms with Crippen LogP contribution in [0.25, 0.3) is 0 Å². The third-order valence-electron chi connectivity index (χ3n) is 2.52. The molecular formula is C11H20ClN3OS. The van der Waals surface area contributed by atoms with Crippen LogP contribution in [0.15, 0.2) is 11.6 Å². The number of thiazole rings is 1. The first-order chi connectivity index (χ1) is 7.52. The zero-order valence-electron chi connectivity index (χ0n) is 10.4. The number of hydrogen-bond acceptors (Lipinski definition) is 4. The van der Waals surface area contributed by atoms with Crippen LogP contribution >= 0.6 is 23.7 Å². The van der Waals surface area contributed by atoms with Gasteiger partial charge in [-0.3, -0.25) is 4.79 Å². The third kappa shape index (κ3) is 5.02. The summed E-state index contributed by atoms with van der Waals surface area (Å²) in [7, 11) is 1.79. The molecule has 0 aliphatic heterocycles. The van der Waals surface area contributed by atoms with Crippen molar-refractivity contribution < 1.29 is 4.79 Å². The van der Waals surface area contributed by atoms with Crippen LogP contribution in [0.4, 0.5) is 0 Å². The van der Waals surface area contributed by atoms with Gasteiger partial charge < -0.3 is 10.6 Å². The lowest BCUT2D eigenvalue weighted by atomic mass is 10.0. The summed E-state index contributed by atoms with van der Waals surface area (Å²) < 4.78 is 0. The fourth-order valence-electron chi connectivity index (χ4n) is 1.29. The Morgan fingerprint density at radius 1 is 1.59 bits per heavy atom. The molecule has 98 valence electrons. The van der Waals surface area contributed by atoms with E-state index in [1.54, 1.807) is 29.5 Å². The van der Waals surface area contributed by atoms with Gasteiger partial charge in [0.1, 0.15) is 0 Å². The molecule has 0 radical (unpaired) electrons. The summed E-state index contributed by atoms with van der Waals surface area (Å²) in [5.41, 5.74) is 5.81. The van der Waals surface area contributed by atoms with Crippen molar-refractivity contribution in [3.63, 3.8) is 0 Å². The molecule has 0 saturated heterocycles. The molecule has 0 fully saturated rings. The van der Waals surface area contributed by atoms with Gasteiger partial charge in [0.15, 0.2) is 0 Å². The minimum absolute atomic E-state index is 0. The molecule has 0 saturated carbocycles. The highest BCUT2D eigenvalue weighted by Gasteiger charge is 2.20. The standard InChI is InChI=1S/C11H19N3OS.ClH/c1-8(2)10(12)11(15)14(3)6-4-9-13-5-7-16-9;/h5,7-8,10H,4,6,12H2,1-3H3;1H/t10-;/m0./s1. The maximum absolute atomic E-state index is 11.8. The number of rotatable bonds is 5. The molecule has 0 spiro atoms. The lowest BCUT2D eigenvalue weighted by Gasteiger charge is -2.22. The average Bonchev–Trinajstić information content (AvgIpc) is 2.76. The largest absolute Gasteiger partial charge is 0.344 e. The molecular weight excluding hydrogens is 258 g/mol. The Labute approximate surface area is 113 Å². The zero-order valence-corrected chi connectivity index (χ0v) is 12.1. The molecule has 1 aromatic heterocycles. The molecule has 4 nitrogen and oxygen atoms in total. The van der Waals surface area contributed by atoms with E-state index in [1.807, 2.05) is 19.2 Å². The Hall–Kier alpha value is -0.650. The number of halogens is 1. The van der Waals surface area contributed by atoms with E-state index in [2.05, 4.69) is 4.98 Å². The monoisotopic (exact) mass is 277 g/mol. The van der Waals surface area contributed by atoms with Crippen LogP contribution in [0, 0.1) is 5.92 Å². The summed E-state index contributed by atoms with van der Waals surface area (Å²) >= 11 is 1.61. The second-order valence-corrected chi connectivity index (χ2v) is 5.18. The second-order valence-electron chi connectivity index (χ2n) is 4.21. The highest BCUT2D eigenvalue weighted by atomic mass is 35.5. The van der Waals surface area contributed by atoms with E-state index in [4.69, 9.17) is 5.73 Å². The van der Waals surface area contributed by atoms with Crippen LogP contribution in [-0.4, -0.2) is 35.4 Å². The van der Waals surface area contributed by atoms with Gasteiger partial charge in [-0.1, -0.05) is 13.8 Å². The van der Waals surface area contributed by atoms with Crippen molar-refractivity contribution in [3.05, 3.63) is 16.6 Å². The lowest BCUT2D eigenvalue weighted by Crippen LogP contribution is -2.45. The van der Waals surface area contributed by atoms with Gasteiger partial charge in [0.05, 0.1) is 11.0 Å². The summed E-state index contributed by atoms with van der Waals surface area (Å²) in [5.74, 6) is 0.182.